The number of piperazine rings is 1. The highest BCUT2D eigenvalue weighted by Crippen LogP contribution is 2.20. The van der Waals surface area contributed by atoms with Gasteiger partial charge >= 0.3 is 6.09 Å². The lowest BCUT2D eigenvalue weighted by molar-refractivity contribution is -0.135. The molecule has 32 heavy (non-hydrogen) atoms. The first-order valence-corrected chi connectivity index (χ1v) is 12.1. The van der Waals surface area contributed by atoms with Crippen LogP contribution in [0.15, 0.2) is 29.2 Å². The summed E-state index contributed by atoms with van der Waals surface area (Å²) in [6, 6.07) is 6.04. The molecule has 3 rings (SSSR count). The zero-order valence-electron chi connectivity index (χ0n) is 18.8. The van der Waals surface area contributed by atoms with E-state index in [9.17, 15) is 18.0 Å². The first-order valence-electron chi connectivity index (χ1n) is 10.6. The Hall–Kier alpha value is -2.37. The molecule has 0 radical (unpaired) electrons. The molecular weight excluding hydrogens is 438 g/mol. The molecule has 178 valence electrons. The fraction of sp³-hybridized carbons (Fsp3) is 0.619. The van der Waals surface area contributed by atoms with E-state index in [4.69, 9.17) is 14.2 Å². The Morgan fingerprint density at radius 1 is 0.938 bits per heavy atom. The lowest BCUT2D eigenvalue weighted by Gasteiger charge is -2.35. The van der Waals surface area contributed by atoms with Crippen molar-refractivity contribution in [3.8, 4) is 5.75 Å². The molecular formula is C21H31N3O7S. The SMILES string of the molecule is CC(C)(C)OC(=O)N1CCN(C(=O)COc2ccc(S(=O)(=O)N3CCOCC3)cc2)CC1. The predicted octanol–water partition coefficient (Wildman–Crippen LogP) is 1.17. The lowest BCUT2D eigenvalue weighted by atomic mass is 10.2. The van der Waals surface area contributed by atoms with E-state index in [1.54, 1.807) is 21.9 Å². The maximum Gasteiger partial charge on any atom is 0.410 e. The summed E-state index contributed by atoms with van der Waals surface area (Å²) in [6.07, 6.45) is -0.382. The monoisotopic (exact) mass is 469 g/mol. The number of benzene rings is 1. The van der Waals surface area contributed by atoms with Gasteiger partial charge in [-0.2, -0.15) is 4.31 Å². The molecule has 0 aliphatic carbocycles. The summed E-state index contributed by atoms with van der Waals surface area (Å²) in [4.78, 5) is 28.0. The van der Waals surface area contributed by atoms with Crippen LogP contribution in [0, 0.1) is 0 Å². The molecule has 2 heterocycles. The van der Waals surface area contributed by atoms with Crippen LogP contribution in [0.3, 0.4) is 0 Å². The Morgan fingerprint density at radius 2 is 1.50 bits per heavy atom. The maximum atomic E-state index is 12.7. The second-order valence-corrected chi connectivity index (χ2v) is 10.6. The van der Waals surface area contributed by atoms with Crippen molar-refractivity contribution in [2.45, 2.75) is 31.3 Å². The second-order valence-electron chi connectivity index (χ2n) is 8.62. The van der Waals surface area contributed by atoms with Gasteiger partial charge in [-0.05, 0) is 45.0 Å². The van der Waals surface area contributed by atoms with Gasteiger partial charge in [0.2, 0.25) is 10.0 Å². The van der Waals surface area contributed by atoms with E-state index < -0.39 is 15.6 Å². The number of hydrogen-bond acceptors (Lipinski definition) is 7. The minimum Gasteiger partial charge on any atom is -0.484 e. The molecule has 2 aliphatic heterocycles. The highest BCUT2D eigenvalue weighted by atomic mass is 32.2. The quantitative estimate of drug-likeness (QED) is 0.637. The van der Waals surface area contributed by atoms with Crippen molar-refractivity contribution in [1.29, 1.82) is 0 Å². The smallest absolute Gasteiger partial charge is 0.410 e. The third kappa shape index (κ3) is 6.33. The van der Waals surface area contributed by atoms with Crippen LogP contribution in [-0.2, 0) is 24.3 Å². The minimum absolute atomic E-state index is 0.165. The van der Waals surface area contributed by atoms with Crippen LogP contribution in [0.25, 0.3) is 0 Å². The molecule has 2 aliphatic rings. The number of nitrogens with zero attached hydrogens (tertiary/aromatic N) is 3. The van der Waals surface area contributed by atoms with Crippen molar-refractivity contribution in [3.63, 3.8) is 0 Å². The number of hydrogen-bond donors (Lipinski definition) is 0. The number of morpholine rings is 1. The topological polar surface area (TPSA) is 106 Å². The Balaban J connectivity index is 1.47. The molecule has 1 aromatic carbocycles. The molecule has 0 spiro atoms. The molecule has 0 bridgehead atoms. The maximum absolute atomic E-state index is 12.7. The summed E-state index contributed by atoms with van der Waals surface area (Å²) < 4.78 is 42.8. The van der Waals surface area contributed by atoms with Gasteiger partial charge in [0.25, 0.3) is 5.91 Å². The van der Waals surface area contributed by atoms with Crippen molar-refractivity contribution < 1.29 is 32.2 Å². The molecule has 2 fully saturated rings. The van der Waals surface area contributed by atoms with E-state index >= 15 is 0 Å². The lowest BCUT2D eigenvalue weighted by Crippen LogP contribution is -2.52. The van der Waals surface area contributed by atoms with Crippen molar-refractivity contribution in [3.05, 3.63) is 24.3 Å². The number of sulfonamides is 1. The molecule has 0 unspecified atom stereocenters. The van der Waals surface area contributed by atoms with Crippen LogP contribution >= 0.6 is 0 Å². The Bertz CT molecular complexity index is 898. The largest absolute Gasteiger partial charge is 0.484 e. The van der Waals surface area contributed by atoms with Gasteiger partial charge in [0.1, 0.15) is 11.4 Å². The summed E-state index contributed by atoms with van der Waals surface area (Å²) in [5.41, 5.74) is -0.561. The van der Waals surface area contributed by atoms with Crippen LogP contribution in [0.5, 0.6) is 5.75 Å². The third-order valence-electron chi connectivity index (χ3n) is 5.08. The zero-order valence-corrected chi connectivity index (χ0v) is 19.6. The minimum atomic E-state index is -3.57. The van der Waals surface area contributed by atoms with Gasteiger partial charge in [-0.1, -0.05) is 0 Å². The van der Waals surface area contributed by atoms with E-state index in [0.717, 1.165) is 0 Å². The first-order chi connectivity index (χ1) is 15.1. The molecule has 1 aromatic rings. The summed E-state index contributed by atoms with van der Waals surface area (Å²) in [5, 5.41) is 0. The third-order valence-corrected chi connectivity index (χ3v) is 6.99. The van der Waals surface area contributed by atoms with Gasteiger partial charge in [-0.25, -0.2) is 13.2 Å². The van der Waals surface area contributed by atoms with Crippen molar-refractivity contribution >= 4 is 22.0 Å². The van der Waals surface area contributed by atoms with Crippen molar-refractivity contribution in [2.75, 3.05) is 59.1 Å². The summed E-state index contributed by atoms with van der Waals surface area (Å²) >= 11 is 0. The van der Waals surface area contributed by atoms with Gasteiger partial charge in [0, 0.05) is 39.3 Å². The highest BCUT2D eigenvalue weighted by molar-refractivity contribution is 7.89. The van der Waals surface area contributed by atoms with Crippen LogP contribution in [-0.4, -0.2) is 99.2 Å². The molecule has 11 heteroatoms. The van der Waals surface area contributed by atoms with Crippen LogP contribution in [0.4, 0.5) is 4.79 Å². The normalized spacial score (nSPS) is 18.3. The number of amides is 2. The Kier molecular flexibility index (Phi) is 7.63. The van der Waals surface area contributed by atoms with E-state index in [1.165, 1.54) is 16.4 Å². The molecule has 2 saturated heterocycles. The highest BCUT2D eigenvalue weighted by Gasteiger charge is 2.28. The summed E-state index contributed by atoms with van der Waals surface area (Å²) in [7, 11) is -3.57. The molecule has 0 N–H and O–H groups in total. The van der Waals surface area contributed by atoms with E-state index in [1.807, 2.05) is 20.8 Å². The standard InChI is InChI=1S/C21H31N3O7S/c1-21(2,3)31-20(26)23-10-8-22(9-11-23)19(25)16-30-17-4-6-18(7-5-17)32(27,28)24-12-14-29-15-13-24/h4-7H,8-16H2,1-3H3. The van der Waals surface area contributed by atoms with Crippen molar-refractivity contribution in [1.82, 2.24) is 14.1 Å². The van der Waals surface area contributed by atoms with Gasteiger partial charge in [-0.15, -0.1) is 0 Å². The molecule has 2 amide bonds. The van der Waals surface area contributed by atoms with Gasteiger partial charge in [0.15, 0.2) is 6.61 Å². The molecule has 0 saturated carbocycles. The number of ether oxygens (including phenoxy) is 3. The van der Waals surface area contributed by atoms with Crippen molar-refractivity contribution in [2.24, 2.45) is 0 Å². The summed E-state index contributed by atoms with van der Waals surface area (Å²) in [5.74, 6) is 0.213. The van der Waals surface area contributed by atoms with Crippen LogP contribution in [0.2, 0.25) is 0 Å². The Labute approximate surface area is 189 Å². The van der Waals surface area contributed by atoms with Crippen LogP contribution in [0.1, 0.15) is 20.8 Å². The fourth-order valence-corrected chi connectivity index (χ4v) is 4.75. The Morgan fingerprint density at radius 3 is 2.06 bits per heavy atom. The molecule has 0 atom stereocenters. The average molecular weight is 470 g/mol. The van der Waals surface area contributed by atoms with Crippen LogP contribution < -0.4 is 4.74 Å². The second kappa shape index (κ2) is 10.1. The summed E-state index contributed by atoms with van der Waals surface area (Å²) in [6.45, 7) is 8.29. The van der Waals surface area contributed by atoms with Gasteiger partial charge in [-0.3, -0.25) is 4.79 Å². The van der Waals surface area contributed by atoms with E-state index in [-0.39, 0.29) is 23.5 Å². The average Bonchev–Trinajstić information content (AvgIpc) is 2.77. The van der Waals surface area contributed by atoms with Gasteiger partial charge in [0.05, 0.1) is 18.1 Å². The molecule has 0 aromatic heterocycles. The molecule has 10 nitrogen and oxygen atoms in total. The van der Waals surface area contributed by atoms with Gasteiger partial charge < -0.3 is 24.0 Å². The first kappa shape index (κ1) is 24.3. The van der Waals surface area contributed by atoms with E-state index in [2.05, 4.69) is 0 Å². The fourth-order valence-electron chi connectivity index (χ4n) is 3.35. The number of carbonyl (C=O) groups excluding carboxylic acids is 2. The number of carbonyl (C=O) groups is 2. The number of rotatable bonds is 5. The van der Waals surface area contributed by atoms with E-state index in [0.29, 0.717) is 58.2 Å². The predicted molar refractivity (Wildman–Crippen MR) is 116 cm³/mol. The zero-order chi connectivity index (χ0) is 23.4.